The summed E-state index contributed by atoms with van der Waals surface area (Å²) in [6, 6.07) is 2.58. The minimum Gasteiger partial charge on any atom is -0.316 e. The molecule has 2 saturated heterocycles. The number of piperidine rings is 1. The molecule has 0 aliphatic carbocycles. The van der Waals surface area contributed by atoms with Gasteiger partial charge in [-0.1, -0.05) is 6.42 Å². The molecule has 4 nitrogen and oxygen atoms in total. The second-order valence-corrected chi connectivity index (χ2v) is 5.01. The number of rotatable bonds is 3. The van der Waals surface area contributed by atoms with E-state index >= 15 is 0 Å². The van der Waals surface area contributed by atoms with Crippen LogP contribution < -0.4 is 5.73 Å². The van der Waals surface area contributed by atoms with Crippen LogP contribution in [0, 0.1) is 11.3 Å². The first-order valence-electron chi connectivity index (χ1n) is 6.41. The van der Waals surface area contributed by atoms with E-state index in [-0.39, 0.29) is 6.04 Å². The lowest BCUT2D eigenvalue weighted by atomic mass is 9.99. The van der Waals surface area contributed by atoms with Gasteiger partial charge in [0, 0.05) is 32.2 Å². The van der Waals surface area contributed by atoms with Crippen molar-refractivity contribution < 1.29 is 0 Å². The number of nitriles is 1. The lowest BCUT2D eigenvalue weighted by molar-refractivity contribution is 0.0487. The summed E-state index contributed by atoms with van der Waals surface area (Å²) in [4.78, 5) is 5.11. The summed E-state index contributed by atoms with van der Waals surface area (Å²) in [5.41, 5.74) is 5.62. The maximum Gasteiger partial charge on any atom is 0.0940 e. The van der Waals surface area contributed by atoms with Crippen molar-refractivity contribution in [1.82, 2.24) is 9.80 Å². The van der Waals surface area contributed by atoms with Gasteiger partial charge in [-0.2, -0.15) is 5.26 Å². The van der Waals surface area contributed by atoms with Crippen LogP contribution in [-0.2, 0) is 0 Å². The van der Waals surface area contributed by atoms with Gasteiger partial charge in [-0.3, -0.25) is 4.90 Å². The Hall–Kier alpha value is -0.630. The molecule has 0 amide bonds. The number of hydrogen-bond donors (Lipinski definition) is 1. The Morgan fingerprint density at radius 2 is 2.19 bits per heavy atom. The van der Waals surface area contributed by atoms with Crippen molar-refractivity contribution in [3.63, 3.8) is 0 Å². The van der Waals surface area contributed by atoms with Gasteiger partial charge in [0.05, 0.1) is 12.1 Å². The minimum atomic E-state index is -0.288. The van der Waals surface area contributed by atoms with Crippen LogP contribution in [0.4, 0.5) is 0 Å². The molecule has 2 aliphatic rings. The van der Waals surface area contributed by atoms with Crippen LogP contribution in [0.3, 0.4) is 0 Å². The molecule has 0 spiro atoms. The molecule has 2 N–H and O–H groups in total. The summed E-state index contributed by atoms with van der Waals surface area (Å²) >= 11 is 0. The topological polar surface area (TPSA) is 56.3 Å². The van der Waals surface area contributed by atoms with Crippen LogP contribution in [0.5, 0.6) is 0 Å². The molecule has 2 heterocycles. The van der Waals surface area contributed by atoms with Crippen LogP contribution in [0.25, 0.3) is 0 Å². The highest BCUT2D eigenvalue weighted by Gasteiger charge is 2.28. The second-order valence-electron chi connectivity index (χ2n) is 5.01. The largest absolute Gasteiger partial charge is 0.316 e. The number of nitrogens with zero attached hydrogens (tertiary/aromatic N) is 3. The van der Waals surface area contributed by atoms with Gasteiger partial charge in [0.15, 0.2) is 0 Å². The lowest BCUT2D eigenvalue weighted by Crippen LogP contribution is -2.55. The summed E-state index contributed by atoms with van der Waals surface area (Å²) < 4.78 is 0. The normalized spacial score (nSPS) is 29.4. The SMILES string of the molecule is N#CC(N)CCN1CCN2CCCCC2C1. The van der Waals surface area contributed by atoms with E-state index in [4.69, 9.17) is 11.0 Å². The van der Waals surface area contributed by atoms with E-state index in [1.54, 1.807) is 0 Å². The highest BCUT2D eigenvalue weighted by Crippen LogP contribution is 2.20. The highest BCUT2D eigenvalue weighted by atomic mass is 15.3. The third kappa shape index (κ3) is 2.94. The van der Waals surface area contributed by atoms with Crippen molar-refractivity contribution in [2.75, 3.05) is 32.7 Å². The van der Waals surface area contributed by atoms with Crippen molar-refractivity contribution in [3.8, 4) is 6.07 Å². The smallest absolute Gasteiger partial charge is 0.0940 e. The average molecular weight is 222 g/mol. The van der Waals surface area contributed by atoms with Gasteiger partial charge in [-0.15, -0.1) is 0 Å². The van der Waals surface area contributed by atoms with Crippen LogP contribution in [0.1, 0.15) is 25.7 Å². The summed E-state index contributed by atoms with van der Waals surface area (Å²) in [5.74, 6) is 0. The van der Waals surface area contributed by atoms with Crippen molar-refractivity contribution in [2.24, 2.45) is 5.73 Å². The Morgan fingerprint density at radius 1 is 1.31 bits per heavy atom. The monoisotopic (exact) mass is 222 g/mol. The standard InChI is InChI=1S/C12H22N4/c13-9-11(14)4-6-15-7-8-16-5-2-1-3-12(16)10-15/h11-12H,1-8,10,14H2. The van der Waals surface area contributed by atoms with Gasteiger partial charge < -0.3 is 10.6 Å². The quantitative estimate of drug-likeness (QED) is 0.751. The zero-order chi connectivity index (χ0) is 11.4. The molecular formula is C12H22N4. The van der Waals surface area contributed by atoms with Gasteiger partial charge >= 0.3 is 0 Å². The summed E-state index contributed by atoms with van der Waals surface area (Å²) in [6.07, 6.45) is 4.91. The first-order valence-corrected chi connectivity index (χ1v) is 6.41. The molecule has 2 unspecified atom stereocenters. The minimum absolute atomic E-state index is 0.288. The highest BCUT2D eigenvalue weighted by molar-refractivity contribution is 4.89. The molecule has 2 rings (SSSR count). The maximum atomic E-state index is 8.65. The van der Waals surface area contributed by atoms with Gasteiger partial charge in [-0.25, -0.2) is 0 Å². The van der Waals surface area contributed by atoms with Crippen LogP contribution in [0.2, 0.25) is 0 Å². The zero-order valence-corrected chi connectivity index (χ0v) is 9.94. The fraction of sp³-hybridized carbons (Fsp3) is 0.917. The molecule has 2 aliphatic heterocycles. The van der Waals surface area contributed by atoms with E-state index in [2.05, 4.69) is 15.9 Å². The Bertz CT molecular complexity index is 260. The molecule has 0 aromatic heterocycles. The first kappa shape index (κ1) is 11.8. The molecule has 0 bridgehead atoms. The Balaban J connectivity index is 1.75. The third-order valence-corrected chi connectivity index (χ3v) is 3.84. The third-order valence-electron chi connectivity index (χ3n) is 3.84. The fourth-order valence-electron chi connectivity index (χ4n) is 2.81. The number of nitrogens with two attached hydrogens (primary N) is 1. The Morgan fingerprint density at radius 3 is 3.00 bits per heavy atom. The molecule has 0 radical (unpaired) electrons. The molecule has 90 valence electrons. The van der Waals surface area contributed by atoms with Crippen molar-refractivity contribution >= 4 is 0 Å². The van der Waals surface area contributed by atoms with E-state index in [1.807, 2.05) is 0 Å². The van der Waals surface area contributed by atoms with Crippen LogP contribution in [-0.4, -0.2) is 54.6 Å². The Kier molecular flexibility index (Phi) is 4.16. The average Bonchev–Trinajstić information content (AvgIpc) is 2.35. The summed E-state index contributed by atoms with van der Waals surface area (Å²) in [6.45, 7) is 5.80. The summed E-state index contributed by atoms with van der Waals surface area (Å²) in [7, 11) is 0. The lowest BCUT2D eigenvalue weighted by Gasteiger charge is -2.44. The number of piperazine rings is 1. The van der Waals surface area contributed by atoms with E-state index in [0.29, 0.717) is 0 Å². The van der Waals surface area contributed by atoms with E-state index in [1.165, 1.54) is 38.9 Å². The molecule has 0 saturated carbocycles. The van der Waals surface area contributed by atoms with Gasteiger partial charge in [-0.05, 0) is 25.8 Å². The predicted molar refractivity (Wildman–Crippen MR) is 63.9 cm³/mol. The summed E-state index contributed by atoms with van der Waals surface area (Å²) in [5, 5.41) is 8.65. The van der Waals surface area contributed by atoms with Crippen molar-refractivity contribution in [2.45, 2.75) is 37.8 Å². The number of fused-ring (bicyclic) bond motifs is 1. The second kappa shape index (κ2) is 5.62. The van der Waals surface area contributed by atoms with Crippen molar-refractivity contribution in [1.29, 1.82) is 5.26 Å². The van der Waals surface area contributed by atoms with E-state index in [9.17, 15) is 0 Å². The van der Waals surface area contributed by atoms with Crippen molar-refractivity contribution in [3.05, 3.63) is 0 Å². The predicted octanol–water partition coefficient (Wildman–Crippen LogP) is 0.397. The molecule has 0 aromatic carbocycles. The van der Waals surface area contributed by atoms with Gasteiger partial charge in [0.1, 0.15) is 0 Å². The molecule has 16 heavy (non-hydrogen) atoms. The molecule has 2 atom stereocenters. The van der Waals surface area contributed by atoms with Crippen LogP contribution >= 0.6 is 0 Å². The number of hydrogen-bond acceptors (Lipinski definition) is 4. The van der Waals surface area contributed by atoms with Gasteiger partial charge in [0.2, 0.25) is 0 Å². The van der Waals surface area contributed by atoms with Gasteiger partial charge in [0.25, 0.3) is 0 Å². The fourth-order valence-corrected chi connectivity index (χ4v) is 2.81. The zero-order valence-electron chi connectivity index (χ0n) is 9.94. The Labute approximate surface area is 98.0 Å². The van der Waals surface area contributed by atoms with E-state index < -0.39 is 0 Å². The molecule has 2 fully saturated rings. The van der Waals surface area contributed by atoms with E-state index in [0.717, 1.165) is 25.6 Å². The van der Waals surface area contributed by atoms with Crippen LogP contribution in [0.15, 0.2) is 0 Å². The first-order chi connectivity index (χ1) is 7.79. The maximum absolute atomic E-state index is 8.65. The molecule has 4 heteroatoms. The molecular weight excluding hydrogens is 200 g/mol. The molecule has 0 aromatic rings.